The highest BCUT2D eigenvalue weighted by Gasteiger charge is 2.26. The Balaban J connectivity index is 1.53. The Morgan fingerprint density at radius 2 is 2.08 bits per heavy atom. The lowest BCUT2D eigenvalue weighted by atomic mass is 9.94. The molecule has 0 radical (unpaired) electrons. The maximum Gasteiger partial charge on any atom is 0.223 e. The van der Waals surface area contributed by atoms with Crippen LogP contribution >= 0.6 is 0 Å². The van der Waals surface area contributed by atoms with Gasteiger partial charge in [0.1, 0.15) is 0 Å². The van der Waals surface area contributed by atoms with Gasteiger partial charge in [0.25, 0.3) is 0 Å². The van der Waals surface area contributed by atoms with E-state index in [-0.39, 0.29) is 17.9 Å². The van der Waals surface area contributed by atoms with Gasteiger partial charge in [0.05, 0.1) is 23.6 Å². The van der Waals surface area contributed by atoms with Crippen molar-refractivity contribution in [3.8, 4) is 0 Å². The molecule has 1 aliphatic carbocycles. The second kappa shape index (κ2) is 6.51. The second-order valence-electron chi connectivity index (χ2n) is 7.20. The molecule has 3 heterocycles. The predicted molar refractivity (Wildman–Crippen MR) is 91.3 cm³/mol. The number of imidazole rings is 1. The molecule has 1 aliphatic heterocycles. The van der Waals surface area contributed by atoms with Crippen molar-refractivity contribution < 1.29 is 4.79 Å². The topological polar surface area (TPSA) is 85.3 Å². The highest BCUT2D eigenvalue weighted by molar-refractivity contribution is 5.79. The fourth-order valence-corrected chi connectivity index (χ4v) is 4.05. The molecule has 6 nitrogen and oxygen atoms in total. The molecule has 2 fully saturated rings. The van der Waals surface area contributed by atoms with Crippen molar-refractivity contribution in [1.29, 1.82) is 0 Å². The molecule has 0 aromatic carbocycles. The van der Waals surface area contributed by atoms with Crippen molar-refractivity contribution in [1.82, 2.24) is 19.9 Å². The molecule has 1 saturated carbocycles. The van der Waals surface area contributed by atoms with Gasteiger partial charge in [-0.2, -0.15) is 5.10 Å². The molecule has 24 heavy (non-hydrogen) atoms. The van der Waals surface area contributed by atoms with Crippen LogP contribution in [0.3, 0.4) is 0 Å². The Kier molecular flexibility index (Phi) is 4.22. The Bertz CT molecular complexity index is 734. The zero-order chi connectivity index (χ0) is 16.5. The van der Waals surface area contributed by atoms with E-state index in [1.165, 1.54) is 25.7 Å². The summed E-state index contributed by atoms with van der Waals surface area (Å²) in [6, 6.07) is 3.96. The molecule has 3 N–H and O–H groups in total. The summed E-state index contributed by atoms with van der Waals surface area (Å²) in [5.74, 6) is 0.727. The molecule has 2 aromatic rings. The van der Waals surface area contributed by atoms with Crippen LogP contribution in [0, 0.1) is 11.8 Å². The molecular formula is C18H25N5O. The van der Waals surface area contributed by atoms with Crippen LogP contribution in [-0.2, 0) is 11.2 Å². The van der Waals surface area contributed by atoms with Gasteiger partial charge in [-0.1, -0.05) is 12.8 Å². The van der Waals surface area contributed by atoms with Gasteiger partial charge < -0.3 is 11.1 Å². The van der Waals surface area contributed by atoms with Gasteiger partial charge in [0.2, 0.25) is 5.91 Å². The van der Waals surface area contributed by atoms with E-state index in [4.69, 9.17) is 5.73 Å². The maximum absolute atomic E-state index is 11.9. The molecule has 128 valence electrons. The number of nitrogens with zero attached hydrogens (tertiary/aromatic N) is 3. The van der Waals surface area contributed by atoms with Crippen molar-refractivity contribution in [2.45, 2.75) is 51.0 Å². The van der Waals surface area contributed by atoms with Crippen LogP contribution in [0.1, 0.15) is 56.0 Å². The minimum Gasteiger partial charge on any atom is -0.356 e. The normalized spacial score (nSPS) is 23.5. The lowest BCUT2D eigenvalue weighted by molar-refractivity contribution is -0.126. The van der Waals surface area contributed by atoms with Gasteiger partial charge in [-0.3, -0.25) is 4.79 Å². The summed E-state index contributed by atoms with van der Waals surface area (Å²) >= 11 is 0. The number of nitrogens with two attached hydrogens (primary N) is 1. The SMILES string of the molecule is NC(c1cn2nc(CC3CCCNC3=O)ccc2n1)C1CCCC1. The van der Waals surface area contributed by atoms with Crippen LogP contribution < -0.4 is 11.1 Å². The first-order chi connectivity index (χ1) is 11.7. The maximum atomic E-state index is 11.9. The largest absolute Gasteiger partial charge is 0.356 e. The summed E-state index contributed by atoms with van der Waals surface area (Å²) < 4.78 is 1.82. The second-order valence-corrected chi connectivity index (χ2v) is 7.20. The van der Waals surface area contributed by atoms with E-state index in [1.54, 1.807) is 0 Å². The van der Waals surface area contributed by atoms with Crippen LogP contribution in [0.5, 0.6) is 0 Å². The van der Waals surface area contributed by atoms with E-state index in [2.05, 4.69) is 15.4 Å². The van der Waals surface area contributed by atoms with Gasteiger partial charge in [-0.25, -0.2) is 9.50 Å². The molecule has 0 spiro atoms. The fourth-order valence-electron chi connectivity index (χ4n) is 4.05. The third-order valence-electron chi connectivity index (χ3n) is 5.50. The molecule has 1 saturated heterocycles. The van der Waals surface area contributed by atoms with E-state index in [9.17, 15) is 4.79 Å². The molecule has 2 atom stereocenters. The minimum atomic E-state index is 0.00164. The van der Waals surface area contributed by atoms with Crippen molar-refractivity contribution in [2.24, 2.45) is 17.6 Å². The van der Waals surface area contributed by atoms with E-state index in [1.807, 2.05) is 22.8 Å². The number of carbonyl (C=O) groups excluding carboxylic acids is 1. The van der Waals surface area contributed by atoms with Gasteiger partial charge in [-0.05, 0) is 43.7 Å². The molecule has 2 unspecified atom stereocenters. The lowest BCUT2D eigenvalue weighted by Gasteiger charge is -2.21. The summed E-state index contributed by atoms with van der Waals surface area (Å²) in [5.41, 5.74) is 9.11. The van der Waals surface area contributed by atoms with Crippen LogP contribution in [-0.4, -0.2) is 27.0 Å². The summed E-state index contributed by atoms with van der Waals surface area (Å²) in [7, 11) is 0. The summed E-state index contributed by atoms with van der Waals surface area (Å²) in [5, 5.41) is 7.59. The van der Waals surface area contributed by atoms with E-state index < -0.39 is 0 Å². The van der Waals surface area contributed by atoms with E-state index >= 15 is 0 Å². The number of hydrogen-bond acceptors (Lipinski definition) is 4. The number of nitrogens with one attached hydrogen (secondary N) is 1. The zero-order valence-electron chi connectivity index (χ0n) is 13.9. The summed E-state index contributed by atoms with van der Waals surface area (Å²) in [4.78, 5) is 16.6. The van der Waals surface area contributed by atoms with Gasteiger partial charge in [-0.15, -0.1) is 0 Å². The van der Waals surface area contributed by atoms with Crippen LogP contribution in [0.25, 0.3) is 5.65 Å². The van der Waals surface area contributed by atoms with Crippen LogP contribution in [0.2, 0.25) is 0 Å². The molecular weight excluding hydrogens is 302 g/mol. The van der Waals surface area contributed by atoms with Crippen LogP contribution in [0.4, 0.5) is 0 Å². The third-order valence-corrected chi connectivity index (χ3v) is 5.50. The monoisotopic (exact) mass is 327 g/mol. The smallest absolute Gasteiger partial charge is 0.223 e. The molecule has 4 rings (SSSR count). The molecule has 2 aromatic heterocycles. The average molecular weight is 327 g/mol. The van der Waals surface area contributed by atoms with Crippen molar-refractivity contribution in [3.05, 3.63) is 29.7 Å². The van der Waals surface area contributed by atoms with Gasteiger partial charge >= 0.3 is 0 Å². The number of amides is 1. The van der Waals surface area contributed by atoms with E-state index in [0.717, 1.165) is 36.4 Å². The molecule has 6 heteroatoms. The summed E-state index contributed by atoms with van der Waals surface area (Å²) in [6.07, 6.45) is 9.58. The molecule has 1 amide bonds. The Labute approximate surface area is 141 Å². The first-order valence-electron chi connectivity index (χ1n) is 9.09. The Morgan fingerprint density at radius 1 is 1.25 bits per heavy atom. The van der Waals surface area contributed by atoms with Gasteiger partial charge in [0.15, 0.2) is 5.65 Å². The Morgan fingerprint density at radius 3 is 2.88 bits per heavy atom. The van der Waals surface area contributed by atoms with Crippen molar-refractivity contribution >= 4 is 11.6 Å². The first-order valence-corrected chi connectivity index (χ1v) is 9.09. The standard InChI is InChI=1S/C18H25N5O/c19-17(12-4-1-2-5-12)15-11-23-16(21-15)8-7-14(22-23)10-13-6-3-9-20-18(13)24/h7-8,11-13,17H,1-6,9-10,19H2,(H,20,24). The average Bonchev–Trinajstić information content (AvgIpc) is 3.25. The number of hydrogen-bond donors (Lipinski definition) is 2. The van der Waals surface area contributed by atoms with Crippen molar-refractivity contribution in [2.75, 3.05) is 6.54 Å². The molecule has 0 bridgehead atoms. The first kappa shape index (κ1) is 15.6. The van der Waals surface area contributed by atoms with Gasteiger partial charge in [0, 0.05) is 18.9 Å². The number of carbonyl (C=O) groups is 1. The number of piperidine rings is 1. The van der Waals surface area contributed by atoms with Crippen molar-refractivity contribution in [3.63, 3.8) is 0 Å². The zero-order valence-corrected chi connectivity index (χ0v) is 13.9. The predicted octanol–water partition coefficient (Wildman–Crippen LogP) is 1.99. The minimum absolute atomic E-state index is 0.00164. The lowest BCUT2D eigenvalue weighted by Crippen LogP contribution is -2.37. The fraction of sp³-hybridized carbons (Fsp3) is 0.611. The number of rotatable bonds is 4. The van der Waals surface area contributed by atoms with E-state index in [0.29, 0.717) is 12.3 Å². The number of fused-ring (bicyclic) bond motifs is 1. The van der Waals surface area contributed by atoms with Crippen LogP contribution in [0.15, 0.2) is 18.3 Å². The number of aromatic nitrogens is 3. The Hall–Kier alpha value is -1.95. The summed E-state index contributed by atoms with van der Waals surface area (Å²) in [6.45, 7) is 0.797. The quantitative estimate of drug-likeness (QED) is 0.899. The highest BCUT2D eigenvalue weighted by atomic mass is 16.1. The highest BCUT2D eigenvalue weighted by Crippen LogP contribution is 2.33. The molecule has 2 aliphatic rings. The third kappa shape index (κ3) is 3.02.